The SMILES string of the molecule is C[B]c1cc2ccc(OC)cc2oc1=O. The number of hydrogen-bond donors (Lipinski definition) is 0. The summed E-state index contributed by atoms with van der Waals surface area (Å²) >= 11 is 0. The van der Waals surface area contributed by atoms with Crippen molar-refractivity contribution in [3.8, 4) is 5.75 Å². The van der Waals surface area contributed by atoms with E-state index in [0.29, 0.717) is 16.8 Å². The summed E-state index contributed by atoms with van der Waals surface area (Å²) in [6.07, 6.45) is 0. The normalized spacial score (nSPS) is 10.3. The van der Waals surface area contributed by atoms with Crippen molar-refractivity contribution in [2.45, 2.75) is 6.82 Å². The minimum Gasteiger partial charge on any atom is -0.497 e. The fourth-order valence-electron chi connectivity index (χ4n) is 1.44. The molecule has 4 heteroatoms. The van der Waals surface area contributed by atoms with Gasteiger partial charge in [0.15, 0.2) is 7.28 Å². The zero-order valence-electron chi connectivity index (χ0n) is 8.61. The van der Waals surface area contributed by atoms with Gasteiger partial charge in [0.25, 0.3) is 0 Å². The van der Waals surface area contributed by atoms with Gasteiger partial charge in [-0.1, -0.05) is 12.9 Å². The van der Waals surface area contributed by atoms with Crippen LogP contribution in [0.15, 0.2) is 33.5 Å². The van der Waals surface area contributed by atoms with Crippen molar-refractivity contribution in [3.05, 3.63) is 34.7 Å². The summed E-state index contributed by atoms with van der Waals surface area (Å²) < 4.78 is 10.2. The van der Waals surface area contributed by atoms with Gasteiger partial charge in [0.1, 0.15) is 11.3 Å². The Bertz CT molecular complexity index is 545. The van der Waals surface area contributed by atoms with Crippen molar-refractivity contribution in [1.82, 2.24) is 0 Å². The predicted molar refractivity (Wildman–Crippen MR) is 60.3 cm³/mol. The van der Waals surface area contributed by atoms with E-state index in [1.165, 1.54) is 0 Å². The van der Waals surface area contributed by atoms with Crippen LogP contribution in [-0.2, 0) is 0 Å². The van der Waals surface area contributed by atoms with Crippen molar-refractivity contribution >= 4 is 23.7 Å². The van der Waals surface area contributed by atoms with Crippen molar-refractivity contribution < 1.29 is 9.15 Å². The lowest BCUT2D eigenvalue weighted by Gasteiger charge is -2.02. The van der Waals surface area contributed by atoms with Crippen LogP contribution >= 0.6 is 0 Å². The number of rotatable bonds is 2. The Labute approximate surface area is 87.9 Å². The molecule has 0 amide bonds. The molecule has 0 bridgehead atoms. The zero-order valence-corrected chi connectivity index (χ0v) is 8.61. The number of ether oxygens (including phenoxy) is 1. The van der Waals surface area contributed by atoms with Gasteiger partial charge >= 0.3 is 5.63 Å². The van der Waals surface area contributed by atoms with Crippen LogP contribution in [0.4, 0.5) is 0 Å². The molecular weight excluding hydrogens is 191 g/mol. The Morgan fingerprint density at radius 1 is 1.33 bits per heavy atom. The Morgan fingerprint density at radius 3 is 2.80 bits per heavy atom. The third kappa shape index (κ3) is 1.75. The van der Waals surface area contributed by atoms with Gasteiger partial charge in [0.05, 0.1) is 7.11 Å². The molecule has 0 aliphatic carbocycles. The van der Waals surface area contributed by atoms with Crippen LogP contribution < -0.4 is 15.8 Å². The molecule has 1 heterocycles. The first kappa shape index (κ1) is 9.83. The maximum Gasteiger partial charge on any atom is 0.329 e. The second-order valence-corrected chi connectivity index (χ2v) is 3.18. The molecule has 3 nitrogen and oxygen atoms in total. The molecule has 0 saturated heterocycles. The molecule has 15 heavy (non-hydrogen) atoms. The summed E-state index contributed by atoms with van der Waals surface area (Å²) in [6, 6.07) is 7.21. The van der Waals surface area contributed by atoms with Crippen molar-refractivity contribution in [1.29, 1.82) is 0 Å². The molecule has 1 radical (unpaired) electrons. The Balaban J connectivity index is 2.70. The monoisotopic (exact) mass is 201 g/mol. The third-order valence-electron chi connectivity index (χ3n) is 2.28. The smallest absolute Gasteiger partial charge is 0.329 e. The molecule has 0 atom stereocenters. The summed E-state index contributed by atoms with van der Waals surface area (Å²) in [4.78, 5) is 11.4. The second kappa shape index (κ2) is 3.81. The lowest BCUT2D eigenvalue weighted by Crippen LogP contribution is -2.28. The number of methoxy groups -OCH3 is 1. The maximum absolute atomic E-state index is 11.4. The van der Waals surface area contributed by atoms with Crippen LogP contribution in [0.2, 0.25) is 6.82 Å². The number of benzene rings is 1. The van der Waals surface area contributed by atoms with E-state index in [0.717, 1.165) is 5.39 Å². The molecule has 0 aliphatic rings. The van der Waals surface area contributed by atoms with Gasteiger partial charge in [-0.05, 0) is 17.6 Å². The van der Waals surface area contributed by atoms with E-state index in [2.05, 4.69) is 0 Å². The fourth-order valence-corrected chi connectivity index (χ4v) is 1.44. The van der Waals surface area contributed by atoms with Gasteiger partial charge < -0.3 is 9.15 Å². The van der Waals surface area contributed by atoms with Gasteiger partial charge in [-0.25, -0.2) is 4.79 Å². The predicted octanol–water partition coefficient (Wildman–Crippen LogP) is 1.18. The van der Waals surface area contributed by atoms with Gasteiger partial charge in [-0.3, -0.25) is 0 Å². The lowest BCUT2D eigenvalue weighted by atomic mass is 9.74. The van der Waals surface area contributed by atoms with E-state index >= 15 is 0 Å². The summed E-state index contributed by atoms with van der Waals surface area (Å²) in [5, 5.41) is 0.892. The molecular formula is C11H10BO3. The molecule has 0 N–H and O–H groups in total. The summed E-state index contributed by atoms with van der Waals surface area (Å²) in [5.74, 6) is 0.680. The van der Waals surface area contributed by atoms with Crippen LogP contribution in [0.5, 0.6) is 5.75 Å². The van der Waals surface area contributed by atoms with Crippen LogP contribution in [0.25, 0.3) is 11.0 Å². The van der Waals surface area contributed by atoms with Gasteiger partial charge in [0, 0.05) is 11.5 Å². The molecule has 2 aromatic rings. The number of fused-ring (bicyclic) bond motifs is 1. The first-order valence-corrected chi connectivity index (χ1v) is 4.66. The highest BCUT2D eigenvalue weighted by atomic mass is 16.5. The van der Waals surface area contributed by atoms with Crippen molar-refractivity contribution in [2.75, 3.05) is 7.11 Å². The van der Waals surface area contributed by atoms with Crippen molar-refractivity contribution in [2.24, 2.45) is 0 Å². The molecule has 1 aromatic heterocycles. The van der Waals surface area contributed by atoms with E-state index in [1.54, 1.807) is 26.5 Å². The maximum atomic E-state index is 11.4. The second-order valence-electron chi connectivity index (χ2n) is 3.18. The van der Waals surface area contributed by atoms with Crippen LogP contribution in [-0.4, -0.2) is 14.4 Å². The van der Waals surface area contributed by atoms with E-state index in [1.807, 2.05) is 19.0 Å². The Hall–Kier alpha value is -1.71. The van der Waals surface area contributed by atoms with Crippen LogP contribution in [0.3, 0.4) is 0 Å². The lowest BCUT2D eigenvalue weighted by molar-refractivity contribution is 0.414. The third-order valence-corrected chi connectivity index (χ3v) is 2.28. The largest absolute Gasteiger partial charge is 0.497 e. The first-order chi connectivity index (χ1) is 7.24. The van der Waals surface area contributed by atoms with Crippen LogP contribution in [0, 0.1) is 0 Å². The van der Waals surface area contributed by atoms with Crippen LogP contribution in [0.1, 0.15) is 0 Å². The molecule has 0 unspecified atom stereocenters. The summed E-state index contributed by atoms with van der Waals surface area (Å²) in [6.45, 7) is 1.81. The Kier molecular flexibility index (Phi) is 2.50. The highest BCUT2D eigenvalue weighted by molar-refractivity contribution is 6.51. The van der Waals surface area contributed by atoms with Crippen molar-refractivity contribution in [3.63, 3.8) is 0 Å². The quantitative estimate of drug-likeness (QED) is 0.540. The van der Waals surface area contributed by atoms with E-state index in [9.17, 15) is 4.79 Å². The molecule has 0 spiro atoms. The topological polar surface area (TPSA) is 39.4 Å². The molecule has 2 rings (SSSR count). The number of hydrogen-bond acceptors (Lipinski definition) is 3. The van der Waals surface area contributed by atoms with Gasteiger partial charge in [0.2, 0.25) is 0 Å². The molecule has 1 aromatic carbocycles. The fraction of sp³-hybridized carbons (Fsp3) is 0.182. The molecule has 0 aliphatic heterocycles. The molecule has 0 fully saturated rings. The zero-order chi connectivity index (χ0) is 10.8. The van der Waals surface area contributed by atoms with E-state index < -0.39 is 0 Å². The van der Waals surface area contributed by atoms with Gasteiger partial charge in [-0.15, -0.1) is 0 Å². The minimum atomic E-state index is -0.321. The summed E-state index contributed by atoms with van der Waals surface area (Å²) in [5.41, 5.74) is 0.802. The summed E-state index contributed by atoms with van der Waals surface area (Å²) in [7, 11) is 3.31. The Morgan fingerprint density at radius 2 is 2.13 bits per heavy atom. The van der Waals surface area contributed by atoms with Gasteiger partial charge in [-0.2, -0.15) is 0 Å². The van der Waals surface area contributed by atoms with E-state index in [-0.39, 0.29) is 5.63 Å². The highest BCUT2D eigenvalue weighted by Crippen LogP contribution is 2.18. The first-order valence-electron chi connectivity index (χ1n) is 4.66. The average Bonchev–Trinajstić information content (AvgIpc) is 2.27. The average molecular weight is 201 g/mol. The standard InChI is InChI=1S/C11H10BO3/c1-12-9-5-7-3-4-8(14-2)6-10(7)15-11(9)13/h3-6H,1-2H3. The molecule has 75 valence electrons. The highest BCUT2D eigenvalue weighted by Gasteiger charge is 2.04. The minimum absolute atomic E-state index is 0.321. The molecule has 0 saturated carbocycles. The van der Waals surface area contributed by atoms with E-state index in [4.69, 9.17) is 9.15 Å².